The van der Waals surface area contributed by atoms with Crippen LogP contribution in [0.3, 0.4) is 0 Å². The molecule has 1 aliphatic carbocycles. The average Bonchev–Trinajstić information content (AvgIpc) is 2.64. The van der Waals surface area contributed by atoms with Crippen molar-refractivity contribution in [3.63, 3.8) is 0 Å². The van der Waals surface area contributed by atoms with Crippen molar-refractivity contribution in [2.45, 2.75) is 50.7 Å². The number of amides is 1. The first kappa shape index (κ1) is 18.1. The second-order valence-electron chi connectivity index (χ2n) is 7.30. The van der Waals surface area contributed by atoms with Gasteiger partial charge in [-0.1, -0.05) is 0 Å². The van der Waals surface area contributed by atoms with Crippen LogP contribution < -0.4 is 5.32 Å². The molecule has 6 heteroatoms. The average molecular weight is 347 g/mol. The SMILES string of the molecule is COCC1CCCN(C(=O)c2ccc(NC3CCC(O)CC3)nc2)C1. The molecule has 25 heavy (non-hydrogen) atoms. The van der Waals surface area contributed by atoms with Crippen molar-refractivity contribution in [1.82, 2.24) is 9.88 Å². The lowest BCUT2D eigenvalue weighted by Gasteiger charge is -2.32. The predicted molar refractivity (Wildman–Crippen MR) is 96.6 cm³/mol. The van der Waals surface area contributed by atoms with E-state index in [1.165, 1.54) is 0 Å². The van der Waals surface area contributed by atoms with Gasteiger partial charge < -0.3 is 20.1 Å². The van der Waals surface area contributed by atoms with E-state index in [4.69, 9.17) is 4.74 Å². The number of aromatic nitrogens is 1. The van der Waals surface area contributed by atoms with E-state index in [1.807, 2.05) is 17.0 Å². The summed E-state index contributed by atoms with van der Waals surface area (Å²) in [5, 5.41) is 13.0. The molecule has 1 amide bonds. The van der Waals surface area contributed by atoms with E-state index < -0.39 is 0 Å². The van der Waals surface area contributed by atoms with Crippen LogP contribution in [0.2, 0.25) is 0 Å². The van der Waals surface area contributed by atoms with E-state index in [9.17, 15) is 9.90 Å². The summed E-state index contributed by atoms with van der Waals surface area (Å²) in [6, 6.07) is 4.10. The van der Waals surface area contributed by atoms with Crippen LogP contribution in [0.4, 0.5) is 5.82 Å². The monoisotopic (exact) mass is 347 g/mol. The first-order chi connectivity index (χ1) is 12.2. The number of rotatable bonds is 5. The third-order valence-electron chi connectivity index (χ3n) is 5.27. The molecule has 0 bridgehead atoms. The zero-order valence-corrected chi connectivity index (χ0v) is 15.0. The van der Waals surface area contributed by atoms with Crippen LogP contribution in [0.5, 0.6) is 0 Å². The molecule has 3 rings (SSSR count). The number of ether oxygens (including phenoxy) is 1. The van der Waals surface area contributed by atoms with Gasteiger partial charge in [0.15, 0.2) is 0 Å². The van der Waals surface area contributed by atoms with E-state index >= 15 is 0 Å². The van der Waals surface area contributed by atoms with Gasteiger partial charge in [0, 0.05) is 32.4 Å². The molecule has 2 fully saturated rings. The van der Waals surface area contributed by atoms with Crippen LogP contribution in [0, 0.1) is 5.92 Å². The molecule has 0 aromatic carbocycles. The number of aliphatic hydroxyl groups excluding tert-OH is 1. The molecule has 1 aromatic heterocycles. The fraction of sp³-hybridized carbons (Fsp3) is 0.684. The first-order valence-corrected chi connectivity index (χ1v) is 9.34. The number of carbonyl (C=O) groups is 1. The highest BCUT2D eigenvalue weighted by atomic mass is 16.5. The highest BCUT2D eigenvalue weighted by molar-refractivity contribution is 5.94. The second-order valence-corrected chi connectivity index (χ2v) is 7.30. The van der Waals surface area contributed by atoms with Gasteiger partial charge in [0.05, 0.1) is 18.3 Å². The van der Waals surface area contributed by atoms with Gasteiger partial charge in [0.1, 0.15) is 5.82 Å². The zero-order chi connectivity index (χ0) is 17.6. The number of carbonyl (C=O) groups excluding carboxylic acids is 1. The summed E-state index contributed by atoms with van der Waals surface area (Å²) in [7, 11) is 1.71. The molecule has 6 nitrogen and oxygen atoms in total. The molecule has 1 unspecified atom stereocenters. The Morgan fingerprint density at radius 1 is 1.32 bits per heavy atom. The summed E-state index contributed by atoms with van der Waals surface area (Å²) < 4.78 is 5.24. The van der Waals surface area contributed by atoms with Gasteiger partial charge in [-0.25, -0.2) is 4.98 Å². The Bertz CT molecular complexity index is 554. The van der Waals surface area contributed by atoms with E-state index in [-0.39, 0.29) is 12.0 Å². The fourth-order valence-electron chi connectivity index (χ4n) is 3.84. The Labute approximate surface area is 149 Å². The molecule has 138 valence electrons. The molecule has 2 heterocycles. The van der Waals surface area contributed by atoms with Crippen LogP contribution in [-0.4, -0.2) is 59.8 Å². The van der Waals surface area contributed by atoms with Crippen LogP contribution in [-0.2, 0) is 4.74 Å². The Morgan fingerprint density at radius 2 is 2.12 bits per heavy atom. The molecule has 1 aromatic rings. The molecular weight excluding hydrogens is 318 g/mol. The molecule has 1 atom stereocenters. The normalized spacial score (nSPS) is 27.1. The molecule has 2 aliphatic rings. The summed E-state index contributed by atoms with van der Waals surface area (Å²) in [5.41, 5.74) is 0.641. The maximum absolute atomic E-state index is 12.7. The number of nitrogens with zero attached hydrogens (tertiary/aromatic N) is 2. The van der Waals surface area contributed by atoms with Crippen molar-refractivity contribution < 1.29 is 14.6 Å². The molecule has 1 saturated heterocycles. The van der Waals surface area contributed by atoms with E-state index in [1.54, 1.807) is 13.3 Å². The lowest BCUT2D eigenvalue weighted by Crippen LogP contribution is -2.41. The molecule has 1 saturated carbocycles. The Morgan fingerprint density at radius 3 is 2.80 bits per heavy atom. The number of likely N-dealkylation sites (tertiary alicyclic amines) is 1. The number of piperidine rings is 1. The minimum atomic E-state index is -0.155. The Balaban J connectivity index is 1.55. The van der Waals surface area contributed by atoms with Gasteiger partial charge in [-0.15, -0.1) is 0 Å². The summed E-state index contributed by atoms with van der Waals surface area (Å²) >= 11 is 0. The number of nitrogens with one attached hydrogen (secondary N) is 1. The van der Waals surface area contributed by atoms with Crippen molar-refractivity contribution >= 4 is 11.7 Å². The number of aliphatic hydroxyl groups is 1. The third kappa shape index (κ3) is 4.92. The van der Waals surface area contributed by atoms with Crippen LogP contribution in [0.25, 0.3) is 0 Å². The topological polar surface area (TPSA) is 74.7 Å². The lowest BCUT2D eigenvalue weighted by molar-refractivity contribution is 0.0570. The van der Waals surface area contributed by atoms with Crippen molar-refractivity contribution in [1.29, 1.82) is 0 Å². The van der Waals surface area contributed by atoms with Gasteiger partial charge in [-0.2, -0.15) is 0 Å². The summed E-state index contributed by atoms with van der Waals surface area (Å²) in [5.74, 6) is 1.28. The quantitative estimate of drug-likeness (QED) is 0.855. The number of hydrogen-bond donors (Lipinski definition) is 2. The smallest absolute Gasteiger partial charge is 0.255 e. The van der Waals surface area contributed by atoms with Crippen LogP contribution >= 0.6 is 0 Å². The number of anilines is 1. The molecule has 1 aliphatic heterocycles. The van der Waals surface area contributed by atoms with Gasteiger partial charge in [-0.3, -0.25) is 4.79 Å². The molecular formula is C19H29N3O3. The molecule has 0 radical (unpaired) electrons. The number of methoxy groups -OCH3 is 1. The van der Waals surface area contributed by atoms with Crippen molar-refractivity contribution in [2.75, 3.05) is 32.1 Å². The maximum Gasteiger partial charge on any atom is 0.255 e. The minimum Gasteiger partial charge on any atom is -0.393 e. The molecule has 2 N–H and O–H groups in total. The Hall–Kier alpha value is -1.66. The molecule has 0 spiro atoms. The van der Waals surface area contributed by atoms with E-state index in [0.29, 0.717) is 24.1 Å². The van der Waals surface area contributed by atoms with E-state index in [2.05, 4.69) is 10.3 Å². The maximum atomic E-state index is 12.7. The fourth-order valence-corrected chi connectivity index (χ4v) is 3.84. The van der Waals surface area contributed by atoms with E-state index in [0.717, 1.165) is 57.4 Å². The lowest BCUT2D eigenvalue weighted by atomic mass is 9.93. The van der Waals surface area contributed by atoms with Crippen LogP contribution in [0.15, 0.2) is 18.3 Å². The van der Waals surface area contributed by atoms with Gasteiger partial charge >= 0.3 is 0 Å². The standard InChI is InChI=1S/C19H29N3O3/c1-25-13-14-3-2-10-22(12-14)19(24)15-4-9-18(20-11-15)21-16-5-7-17(23)8-6-16/h4,9,11,14,16-17,23H,2-3,5-8,10,12-13H2,1H3,(H,20,21). The summed E-state index contributed by atoms with van der Waals surface area (Å²) in [4.78, 5) is 19.0. The van der Waals surface area contributed by atoms with Crippen LogP contribution in [0.1, 0.15) is 48.9 Å². The first-order valence-electron chi connectivity index (χ1n) is 9.34. The second kappa shape index (κ2) is 8.63. The number of pyridine rings is 1. The third-order valence-corrected chi connectivity index (χ3v) is 5.27. The van der Waals surface area contributed by atoms with Crippen molar-refractivity contribution in [3.05, 3.63) is 23.9 Å². The van der Waals surface area contributed by atoms with Gasteiger partial charge in [0.2, 0.25) is 0 Å². The van der Waals surface area contributed by atoms with Crippen molar-refractivity contribution in [2.24, 2.45) is 5.92 Å². The Kier molecular flexibility index (Phi) is 6.26. The summed E-state index contributed by atoms with van der Waals surface area (Å²) in [6.45, 7) is 2.28. The number of hydrogen-bond acceptors (Lipinski definition) is 5. The zero-order valence-electron chi connectivity index (χ0n) is 15.0. The van der Waals surface area contributed by atoms with Crippen molar-refractivity contribution in [3.8, 4) is 0 Å². The van der Waals surface area contributed by atoms with Gasteiger partial charge in [0.25, 0.3) is 5.91 Å². The highest BCUT2D eigenvalue weighted by Crippen LogP contribution is 2.22. The van der Waals surface area contributed by atoms with Gasteiger partial charge in [-0.05, 0) is 56.6 Å². The highest BCUT2D eigenvalue weighted by Gasteiger charge is 2.25. The predicted octanol–water partition coefficient (Wildman–Crippen LogP) is 2.30. The summed E-state index contributed by atoms with van der Waals surface area (Å²) in [6.07, 6.45) is 7.25. The minimum absolute atomic E-state index is 0.0561. The largest absolute Gasteiger partial charge is 0.393 e.